The average molecular weight is 379 g/mol. The Bertz CT molecular complexity index is 915. The molecule has 0 spiro atoms. The van der Waals surface area contributed by atoms with Gasteiger partial charge in [-0.15, -0.1) is 0 Å². The van der Waals surface area contributed by atoms with Crippen LogP contribution in [0.1, 0.15) is 11.1 Å². The minimum atomic E-state index is 0.707. The van der Waals surface area contributed by atoms with Gasteiger partial charge in [0.2, 0.25) is 0 Å². The van der Waals surface area contributed by atoms with Crippen molar-refractivity contribution < 1.29 is 0 Å². The fraction of sp³-hybridized carbons (Fsp3) is 0.118. The first kappa shape index (κ1) is 14.8. The highest BCUT2D eigenvalue weighted by Gasteiger charge is 2.13. The van der Waals surface area contributed by atoms with Crippen LogP contribution < -0.4 is 0 Å². The van der Waals surface area contributed by atoms with Gasteiger partial charge in [0.15, 0.2) is 0 Å². The first-order chi connectivity index (χ1) is 9.99. The molecular formula is C17H13BrClNS. The minimum absolute atomic E-state index is 0.707. The van der Waals surface area contributed by atoms with Crippen molar-refractivity contribution in [3.63, 3.8) is 0 Å². The highest BCUT2D eigenvalue weighted by molar-refractivity contribution is 9.10. The number of aromatic nitrogens is 1. The minimum Gasteiger partial charge on any atom is -0.346 e. The third-order valence-corrected chi connectivity index (χ3v) is 5.42. The van der Waals surface area contributed by atoms with Crippen molar-refractivity contribution in [2.24, 2.45) is 0 Å². The second kappa shape index (κ2) is 5.56. The van der Waals surface area contributed by atoms with E-state index in [4.69, 9.17) is 23.8 Å². The number of halogens is 2. The lowest BCUT2D eigenvalue weighted by molar-refractivity contribution is 1.32. The van der Waals surface area contributed by atoms with Crippen LogP contribution in [0, 0.1) is 18.5 Å². The quantitative estimate of drug-likeness (QED) is 0.472. The highest BCUT2D eigenvalue weighted by Crippen LogP contribution is 2.37. The number of benzene rings is 2. The van der Waals surface area contributed by atoms with Crippen LogP contribution in [0.3, 0.4) is 0 Å². The van der Waals surface area contributed by atoms with Crippen LogP contribution in [0.25, 0.3) is 22.0 Å². The molecule has 106 valence electrons. The second-order valence-electron chi connectivity index (χ2n) is 5.08. The Hall–Kier alpha value is -1.16. The van der Waals surface area contributed by atoms with Crippen LogP contribution in [0.2, 0.25) is 5.02 Å². The standard InChI is InChI=1S/C17H13BrClNS/c1-9-7-14-16(10(2)17(9)18)12(8-15(21)20-14)11-5-3-4-6-13(11)19/h3-8H,1-2H3,(H,20,21). The lowest BCUT2D eigenvalue weighted by Gasteiger charge is -2.14. The van der Waals surface area contributed by atoms with E-state index in [0.717, 1.165) is 31.5 Å². The second-order valence-corrected chi connectivity index (χ2v) is 6.72. The van der Waals surface area contributed by atoms with Gasteiger partial charge in [0.25, 0.3) is 0 Å². The molecule has 0 aliphatic carbocycles. The van der Waals surface area contributed by atoms with Gasteiger partial charge in [0.05, 0.1) is 0 Å². The summed E-state index contributed by atoms with van der Waals surface area (Å²) in [6.45, 7) is 4.19. The molecule has 1 N–H and O–H groups in total. The predicted octanol–water partition coefficient (Wildman–Crippen LogP) is 6.60. The fourth-order valence-corrected chi connectivity index (χ4v) is 3.45. The third-order valence-electron chi connectivity index (χ3n) is 3.65. The molecule has 0 bridgehead atoms. The maximum atomic E-state index is 6.38. The first-order valence-corrected chi connectivity index (χ1v) is 8.14. The van der Waals surface area contributed by atoms with Crippen molar-refractivity contribution in [3.8, 4) is 11.1 Å². The van der Waals surface area contributed by atoms with Crippen LogP contribution in [0.5, 0.6) is 0 Å². The topological polar surface area (TPSA) is 15.8 Å². The zero-order chi connectivity index (χ0) is 15.1. The first-order valence-electron chi connectivity index (χ1n) is 6.56. The summed E-state index contributed by atoms with van der Waals surface area (Å²) < 4.78 is 1.83. The van der Waals surface area contributed by atoms with Crippen molar-refractivity contribution in [2.45, 2.75) is 13.8 Å². The van der Waals surface area contributed by atoms with Crippen molar-refractivity contribution in [3.05, 3.63) is 61.7 Å². The summed E-state index contributed by atoms with van der Waals surface area (Å²) in [6.07, 6.45) is 0. The van der Waals surface area contributed by atoms with Crippen molar-refractivity contribution in [1.29, 1.82) is 0 Å². The molecule has 2 aromatic carbocycles. The largest absolute Gasteiger partial charge is 0.346 e. The summed E-state index contributed by atoms with van der Waals surface area (Å²) in [4.78, 5) is 3.28. The molecular weight excluding hydrogens is 366 g/mol. The number of pyridine rings is 1. The molecule has 1 nitrogen and oxygen atoms in total. The van der Waals surface area contributed by atoms with Crippen LogP contribution >= 0.6 is 39.7 Å². The van der Waals surface area contributed by atoms with Gasteiger partial charge in [0, 0.05) is 26.0 Å². The van der Waals surface area contributed by atoms with E-state index in [1.54, 1.807) is 0 Å². The monoisotopic (exact) mass is 377 g/mol. The predicted molar refractivity (Wildman–Crippen MR) is 96.8 cm³/mol. The lowest BCUT2D eigenvalue weighted by Crippen LogP contribution is -1.92. The molecule has 0 unspecified atom stereocenters. The number of fused-ring (bicyclic) bond motifs is 1. The zero-order valence-electron chi connectivity index (χ0n) is 11.6. The zero-order valence-corrected chi connectivity index (χ0v) is 14.8. The number of nitrogens with one attached hydrogen (secondary N) is 1. The SMILES string of the molecule is Cc1cc2[nH]c(=S)cc(-c3ccccc3Cl)c2c(C)c1Br. The van der Waals surface area contributed by atoms with E-state index in [-0.39, 0.29) is 0 Å². The molecule has 0 saturated carbocycles. The van der Waals surface area contributed by atoms with Gasteiger partial charge in [-0.3, -0.25) is 0 Å². The number of H-pyrrole nitrogens is 1. The van der Waals surface area contributed by atoms with Crippen LogP contribution in [-0.2, 0) is 0 Å². The maximum Gasteiger partial charge on any atom is 0.104 e. The molecule has 0 atom stereocenters. The Balaban J connectivity index is 2.51. The smallest absolute Gasteiger partial charge is 0.104 e. The average Bonchev–Trinajstić information content (AvgIpc) is 2.44. The van der Waals surface area contributed by atoms with E-state index in [9.17, 15) is 0 Å². The normalized spacial score (nSPS) is 11.0. The Morgan fingerprint density at radius 1 is 1.10 bits per heavy atom. The van der Waals surface area contributed by atoms with E-state index in [1.807, 2.05) is 30.3 Å². The van der Waals surface area contributed by atoms with Crippen molar-refractivity contribution in [1.82, 2.24) is 4.98 Å². The summed E-state index contributed by atoms with van der Waals surface area (Å²) in [5.41, 5.74) is 5.48. The maximum absolute atomic E-state index is 6.38. The molecule has 3 rings (SSSR count). The highest BCUT2D eigenvalue weighted by atomic mass is 79.9. The van der Waals surface area contributed by atoms with Gasteiger partial charge in [-0.1, -0.05) is 57.9 Å². The van der Waals surface area contributed by atoms with Crippen molar-refractivity contribution in [2.75, 3.05) is 0 Å². The van der Waals surface area contributed by atoms with Gasteiger partial charge < -0.3 is 4.98 Å². The Morgan fingerprint density at radius 2 is 1.81 bits per heavy atom. The van der Waals surface area contributed by atoms with E-state index in [1.165, 1.54) is 11.1 Å². The fourth-order valence-electron chi connectivity index (χ4n) is 2.67. The lowest BCUT2D eigenvalue weighted by atomic mass is 9.97. The van der Waals surface area contributed by atoms with Crippen molar-refractivity contribution >= 4 is 50.7 Å². The molecule has 21 heavy (non-hydrogen) atoms. The molecule has 0 amide bonds. The van der Waals surface area contributed by atoms with Crippen LogP contribution in [-0.4, -0.2) is 4.98 Å². The molecule has 0 aliphatic heterocycles. The number of hydrogen-bond donors (Lipinski definition) is 1. The van der Waals surface area contributed by atoms with Crippen LogP contribution in [0.15, 0.2) is 40.9 Å². The van der Waals surface area contributed by atoms with Gasteiger partial charge >= 0.3 is 0 Å². The van der Waals surface area contributed by atoms with Gasteiger partial charge in [-0.25, -0.2) is 0 Å². The Kier molecular flexibility index (Phi) is 3.91. The van der Waals surface area contributed by atoms with E-state index in [0.29, 0.717) is 4.64 Å². The Labute approximate surface area is 142 Å². The van der Waals surface area contributed by atoms with Gasteiger partial charge in [0.1, 0.15) is 4.64 Å². The van der Waals surface area contributed by atoms with E-state index < -0.39 is 0 Å². The third kappa shape index (κ3) is 2.54. The summed E-state index contributed by atoms with van der Waals surface area (Å²) in [6, 6.07) is 12.0. The summed E-state index contributed by atoms with van der Waals surface area (Å²) in [5.74, 6) is 0. The number of aromatic amines is 1. The summed E-state index contributed by atoms with van der Waals surface area (Å²) in [5, 5.41) is 1.88. The molecule has 3 aromatic rings. The molecule has 0 fully saturated rings. The van der Waals surface area contributed by atoms with Crippen LogP contribution in [0.4, 0.5) is 0 Å². The molecule has 0 saturated heterocycles. The van der Waals surface area contributed by atoms with E-state index in [2.05, 4.69) is 40.8 Å². The summed E-state index contributed by atoms with van der Waals surface area (Å²) in [7, 11) is 0. The molecule has 0 radical (unpaired) electrons. The number of hydrogen-bond acceptors (Lipinski definition) is 1. The molecule has 0 aliphatic rings. The number of rotatable bonds is 1. The molecule has 4 heteroatoms. The molecule has 1 aromatic heterocycles. The summed E-state index contributed by atoms with van der Waals surface area (Å²) >= 11 is 15.4. The molecule has 1 heterocycles. The number of aryl methyl sites for hydroxylation is 2. The van der Waals surface area contributed by atoms with Gasteiger partial charge in [-0.05, 0) is 48.7 Å². The van der Waals surface area contributed by atoms with Gasteiger partial charge in [-0.2, -0.15) is 0 Å². The Morgan fingerprint density at radius 3 is 2.52 bits per heavy atom. The van der Waals surface area contributed by atoms with E-state index >= 15 is 0 Å².